The van der Waals surface area contributed by atoms with Gasteiger partial charge in [0.2, 0.25) is 0 Å². The highest BCUT2D eigenvalue weighted by molar-refractivity contribution is 5.97. The molecule has 0 aliphatic carbocycles. The largest absolute Gasteiger partial charge is 0.485 e. The monoisotopic (exact) mass is 254 g/mol. The molecule has 0 atom stereocenters. The van der Waals surface area contributed by atoms with Crippen LogP contribution in [0.5, 0.6) is 5.75 Å². The van der Waals surface area contributed by atoms with Crippen LogP contribution in [0, 0.1) is 6.92 Å². The normalized spacial score (nSPS) is 10.2. The second-order valence-corrected chi connectivity index (χ2v) is 4.58. The molecule has 0 N–H and O–H groups in total. The molecule has 0 spiro atoms. The molecule has 2 heteroatoms. The number of Topliss-reactive ketones (excluding diaryl/α,β-unsaturated/α-hetero) is 1. The molecule has 2 aromatic carbocycles. The lowest BCUT2D eigenvalue weighted by Crippen LogP contribution is -2.11. The van der Waals surface area contributed by atoms with Gasteiger partial charge in [0.15, 0.2) is 12.4 Å². The molecule has 0 unspecified atom stereocenters. The first kappa shape index (κ1) is 13.3. The van der Waals surface area contributed by atoms with Crippen LogP contribution >= 0.6 is 0 Å². The summed E-state index contributed by atoms with van der Waals surface area (Å²) in [6.07, 6.45) is 1.00. The van der Waals surface area contributed by atoms with E-state index in [-0.39, 0.29) is 12.4 Å². The number of hydrogen-bond acceptors (Lipinski definition) is 2. The van der Waals surface area contributed by atoms with Crippen molar-refractivity contribution in [1.29, 1.82) is 0 Å². The summed E-state index contributed by atoms with van der Waals surface area (Å²) in [7, 11) is 0. The van der Waals surface area contributed by atoms with Crippen molar-refractivity contribution in [2.24, 2.45) is 0 Å². The van der Waals surface area contributed by atoms with E-state index in [4.69, 9.17) is 4.74 Å². The summed E-state index contributed by atoms with van der Waals surface area (Å²) in [6, 6.07) is 15.4. The van der Waals surface area contributed by atoms with Crippen LogP contribution in [0.15, 0.2) is 48.5 Å². The van der Waals surface area contributed by atoms with Crippen molar-refractivity contribution in [3.05, 3.63) is 65.2 Å². The van der Waals surface area contributed by atoms with Crippen LogP contribution in [0.2, 0.25) is 0 Å². The number of hydrogen-bond donors (Lipinski definition) is 0. The van der Waals surface area contributed by atoms with Gasteiger partial charge in [-0.05, 0) is 37.1 Å². The smallest absolute Gasteiger partial charge is 0.200 e. The molecule has 0 heterocycles. The Balaban J connectivity index is 1.96. The summed E-state index contributed by atoms with van der Waals surface area (Å²) >= 11 is 0. The first-order valence-corrected chi connectivity index (χ1v) is 6.50. The van der Waals surface area contributed by atoms with Gasteiger partial charge in [0, 0.05) is 5.56 Å². The van der Waals surface area contributed by atoms with Crippen molar-refractivity contribution >= 4 is 5.78 Å². The van der Waals surface area contributed by atoms with Gasteiger partial charge in [-0.1, -0.05) is 42.8 Å². The van der Waals surface area contributed by atoms with Gasteiger partial charge in [0.25, 0.3) is 0 Å². The Hall–Kier alpha value is -2.09. The quantitative estimate of drug-likeness (QED) is 0.758. The highest BCUT2D eigenvalue weighted by Crippen LogP contribution is 2.13. The average Bonchev–Trinajstić information content (AvgIpc) is 2.45. The molecule has 19 heavy (non-hydrogen) atoms. The zero-order valence-corrected chi connectivity index (χ0v) is 11.3. The lowest BCUT2D eigenvalue weighted by molar-refractivity contribution is 0.0921. The number of aryl methyl sites for hydroxylation is 2. The van der Waals surface area contributed by atoms with Crippen LogP contribution in [0.4, 0.5) is 0 Å². The maximum absolute atomic E-state index is 12.0. The van der Waals surface area contributed by atoms with E-state index in [2.05, 4.69) is 6.92 Å². The van der Waals surface area contributed by atoms with Crippen molar-refractivity contribution in [3.8, 4) is 5.75 Å². The van der Waals surface area contributed by atoms with Gasteiger partial charge >= 0.3 is 0 Å². The number of rotatable bonds is 5. The number of benzene rings is 2. The van der Waals surface area contributed by atoms with Gasteiger partial charge < -0.3 is 4.74 Å². The molecule has 2 aromatic rings. The fourth-order valence-electron chi connectivity index (χ4n) is 1.87. The second-order valence-electron chi connectivity index (χ2n) is 4.58. The third kappa shape index (κ3) is 3.68. The molecule has 98 valence electrons. The molecule has 2 nitrogen and oxygen atoms in total. The fraction of sp³-hybridized carbons (Fsp3) is 0.235. The Bertz CT molecular complexity index is 556. The van der Waals surface area contributed by atoms with E-state index in [9.17, 15) is 4.79 Å². The molecule has 0 saturated carbocycles. The Labute approximate surface area is 114 Å². The summed E-state index contributed by atoms with van der Waals surface area (Å²) in [5.41, 5.74) is 3.04. The van der Waals surface area contributed by atoms with E-state index in [0.717, 1.165) is 17.7 Å². The Morgan fingerprint density at radius 2 is 1.84 bits per heavy atom. The number of carbonyl (C=O) groups is 1. The molecular formula is C17H18O2. The maximum atomic E-state index is 12.0. The molecule has 2 rings (SSSR count). The number of carbonyl (C=O) groups excluding carboxylic acids is 1. The Kier molecular flexibility index (Phi) is 4.35. The maximum Gasteiger partial charge on any atom is 0.200 e. The molecule has 0 bridgehead atoms. The van der Waals surface area contributed by atoms with Gasteiger partial charge in [-0.15, -0.1) is 0 Å². The average molecular weight is 254 g/mol. The fourth-order valence-corrected chi connectivity index (χ4v) is 1.87. The van der Waals surface area contributed by atoms with Crippen molar-refractivity contribution < 1.29 is 9.53 Å². The van der Waals surface area contributed by atoms with Crippen LogP contribution in [-0.2, 0) is 6.42 Å². The Morgan fingerprint density at radius 3 is 2.47 bits per heavy atom. The van der Waals surface area contributed by atoms with E-state index in [0.29, 0.717) is 5.56 Å². The number of ether oxygens (including phenoxy) is 1. The van der Waals surface area contributed by atoms with E-state index >= 15 is 0 Å². The lowest BCUT2D eigenvalue weighted by Gasteiger charge is -2.06. The zero-order chi connectivity index (χ0) is 13.7. The third-order valence-electron chi connectivity index (χ3n) is 3.04. The minimum Gasteiger partial charge on any atom is -0.485 e. The standard InChI is InChI=1S/C17H18O2/c1-3-14-7-9-16(10-8-14)19-12-17(18)15-6-4-5-13(2)11-15/h4-11H,3,12H2,1-2H3. The topological polar surface area (TPSA) is 26.3 Å². The van der Waals surface area contributed by atoms with E-state index in [1.807, 2.05) is 55.5 Å². The van der Waals surface area contributed by atoms with Crippen LogP contribution in [0.25, 0.3) is 0 Å². The highest BCUT2D eigenvalue weighted by Gasteiger charge is 2.06. The van der Waals surface area contributed by atoms with E-state index in [1.54, 1.807) is 0 Å². The van der Waals surface area contributed by atoms with Crippen molar-refractivity contribution in [2.45, 2.75) is 20.3 Å². The molecule has 0 aliphatic heterocycles. The summed E-state index contributed by atoms with van der Waals surface area (Å²) in [6.45, 7) is 4.16. The molecule has 0 aliphatic rings. The van der Waals surface area contributed by atoms with Crippen LogP contribution in [0.3, 0.4) is 0 Å². The van der Waals surface area contributed by atoms with Crippen LogP contribution in [0.1, 0.15) is 28.4 Å². The van der Waals surface area contributed by atoms with E-state index < -0.39 is 0 Å². The first-order chi connectivity index (χ1) is 9.19. The minimum absolute atomic E-state index is 0.00303. The summed E-state index contributed by atoms with van der Waals surface area (Å²) in [4.78, 5) is 12.0. The van der Waals surface area contributed by atoms with Crippen LogP contribution < -0.4 is 4.74 Å². The van der Waals surface area contributed by atoms with Gasteiger partial charge in [0.1, 0.15) is 5.75 Å². The molecule has 0 amide bonds. The summed E-state index contributed by atoms with van der Waals surface area (Å²) < 4.78 is 5.51. The van der Waals surface area contributed by atoms with Crippen molar-refractivity contribution in [3.63, 3.8) is 0 Å². The van der Waals surface area contributed by atoms with Gasteiger partial charge in [-0.25, -0.2) is 0 Å². The Morgan fingerprint density at radius 1 is 1.11 bits per heavy atom. The van der Waals surface area contributed by atoms with Gasteiger partial charge in [-0.3, -0.25) is 4.79 Å². The highest BCUT2D eigenvalue weighted by atomic mass is 16.5. The van der Waals surface area contributed by atoms with Crippen molar-refractivity contribution in [1.82, 2.24) is 0 Å². The second kappa shape index (κ2) is 6.19. The van der Waals surface area contributed by atoms with Gasteiger partial charge in [-0.2, -0.15) is 0 Å². The summed E-state index contributed by atoms with van der Waals surface area (Å²) in [5, 5.41) is 0. The third-order valence-corrected chi connectivity index (χ3v) is 3.04. The molecule has 0 aromatic heterocycles. The number of ketones is 1. The predicted octanol–water partition coefficient (Wildman–Crippen LogP) is 3.82. The predicted molar refractivity (Wildman–Crippen MR) is 76.8 cm³/mol. The van der Waals surface area contributed by atoms with Gasteiger partial charge in [0.05, 0.1) is 0 Å². The zero-order valence-electron chi connectivity index (χ0n) is 11.3. The molecule has 0 saturated heterocycles. The SMILES string of the molecule is CCc1ccc(OCC(=O)c2cccc(C)c2)cc1. The molecule has 0 radical (unpaired) electrons. The van der Waals surface area contributed by atoms with Crippen LogP contribution in [-0.4, -0.2) is 12.4 Å². The molecule has 0 fully saturated rings. The first-order valence-electron chi connectivity index (χ1n) is 6.50. The minimum atomic E-state index is 0.00303. The summed E-state index contributed by atoms with van der Waals surface area (Å²) in [5.74, 6) is 0.737. The lowest BCUT2D eigenvalue weighted by atomic mass is 10.1. The van der Waals surface area contributed by atoms with E-state index in [1.165, 1.54) is 5.56 Å². The van der Waals surface area contributed by atoms with Crippen molar-refractivity contribution in [2.75, 3.05) is 6.61 Å². The molecular weight excluding hydrogens is 236 g/mol.